The number of aliphatic imine (C=N–C) groups is 1. The van der Waals surface area contributed by atoms with Crippen molar-refractivity contribution in [2.24, 2.45) is 16.8 Å². The zero-order valence-electron chi connectivity index (χ0n) is 14.8. The first-order valence-corrected chi connectivity index (χ1v) is 8.55. The summed E-state index contributed by atoms with van der Waals surface area (Å²) in [6.45, 7) is 10.9. The van der Waals surface area contributed by atoms with Crippen LogP contribution in [-0.2, 0) is 6.54 Å². The van der Waals surface area contributed by atoms with Crippen molar-refractivity contribution in [3.8, 4) is 0 Å². The molecule has 1 saturated carbocycles. The van der Waals surface area contributed by atoms with E-state index in [1.54, 1.807) is 0 Å². The third-order valence-corrected chi connectivity index (χ3v) is 4.74. The monoisotopic (exact) mass is 434 g/mol. The fraction of sp³-hybridized carbons (Fsp3) is 0.765. The maximum absolute atomic E-state index is 5.20. The lowest BCUT2D eigenvalue weighted by Crippen LogP contribution is -2.41. The minimum absolute atomic E-state index is 0. The van der Waals surface area contributed by atoms with E-state index in [2.05, 4.69) is 34.6 Å². The zero-order valence-corrected chi connectivity index (χ0v) is 17.1. The molecule has 1 heterocycles. The molecule has 1 aromatic heterocycles. The molecule has 0 spiro atoms. The van der Waals surface area contributed by atoms with Gasteiger partial charge in [-0.2, -0.15) is 0 Å². The molecule has 0 amide bonds. The molecule has 23 heavy (non-hydrogen) atoms. The van der Waals surface area contributed by atoms with Crippen LogP contribution in [-0.4, -0.2) is 24.2 Å². The summed E-state index contributed by atoms with van der Waals surface area (Å²) in [6.07, 6.45) is 5.44. The normalized spacial score (nSPS) is 21.7. The second kappa shape index (κ2) is 10.2. The Morgan fingerprint density at radius 2 is 2.00 bits per heavy atom. The summed E-state index contributed by atoms with van der Waals surface area (Å²) in [6, 6.07) is 0. The van der Waals surface area contributed by atoms with Crippen LogP contribution in [0.4, 0.5) is 0 Å². The van der Waals surface area contributed by atoms with Crippen LogP contribution >= 0.6 is 24.0 Å². The first kappa shape index (κ1) is 20.3. The molecule has 5 nitrogen and oxygen atoms in total. The Kier molecular flexibility index (Phi) is 8.94. The fourth-order valence-corrected chi connectivity index (χ4v) is 3.15. The maximum atomic E-state index is 5.20. The Morgan fingerprint density at radius 1 is 1.26 bits per heavy atom. The lowest BCUT2D eigenvalue weighted by molar-refractivity contribution is 0.256. The van der Waals surface area contributed by atoms with E-state index >= 15 is 0 Å². The van der Waals surface area contributed by atoms with Crippen LogP contribution in [0.25, 0.3) is 0 Å². The number of guanidine groups is 1. The van der Waals surface area contributed by atoms with Gasteiger partial charge < -0.3 is 15.2 Å². The molecule has 2 rings (SSSR count). The molecule has 132 valence electrons. The number of aromatic nitrogens is 1. The minimum Gasteiger partial charge on any atom is -0.361 e. The van der Waals surface area contributed by atoms with Crippen LogP contribution in [0.1, 0.15) is 56.5 Å². The molecular weight excluding hydrogens is 403 g/mol. The number of hydrogen-bond acceptors (Lipinski definition) is 3. The summed E-state index contributed by atoms with van der Waals surface area (Å²) in [5.41, 5.74) is 2.02. The standard InChI is InChI=1S/C17H30N4O.HI/c1-5-18-17(19-10-15-9-7-6-8-12(15)2)20-11-16-13(3)21-22-14(16)4;/h12,15H,5-11H2,1-4H3,(H2,18,19,20);1H. The summed E-state index contributed by atoms with van der Waals surface area (Å²) in [5.74, 6) is 3.32. The van der Waals surface area contributed by atoms with Crippen LogP contribution in [0.5, 0.6) is 0 Å². The van der Waals surface area contributed by atoms with Crippen LogP contribution in [0, 0.1) is 25.7 Å². The number of halogens is 1. The number of nitrogens with zero attached hydrogens (tertiary/aromatic N) is 2. The summed E-state index contributed by atoms with van der Waals surface area (Å²) >= 11 is 0. The van der Waals surface area contributed by atoms with Gasteiger partial charge in [-0.3, -0.25) is 0 Å². The highest BCUT2D eigenvalue weighted by Crippen LogP contribution is 2.28. The maximum Gasteiger partial charge on any atom is 0.191 e. The van der Waals surface area contributed by atoms with E-state index in [0.717, 1.165) is 47.9 Å². The molecule has 1 aliphatic carbocycles. The Bertz CT molecular complexity index is 481. The van der Waals surface area contributed by atoms with Crippen LogP contribution in [0.3, 0.4) is 0 Å². The zero-order chi connectivity index (χ0) is 15.9. The lowest BCUT2D eigenvalue weighted by atomic mass is 9.80. The van der Waals surface area contributed by atoms with Crippen molar-refractivity contribution in [3.05, 3.63) is 17.0 Å². The molecular formula is C17H31IN4O. The highest BCUT2D eigenvalue weighted by Gasteiger charge is 2.21. The van der Waals surface area contributed by atoms with Crippen molar-refractivity contribution in [2.75, 3.05) is 13.1 Å². The van der Waals surface area contributed by atoms with Crippen LogP contribution in [0.15, 0.2) is 9.52 Å². The van der Waals surface area contributed by atoms with E-state index < -0.39 is 0 Å². The molecule has 0 aromatic carbocycles. The topological polar surface area (TPSA) is 62.5 Å². The first-order chi connectivity index (χ1) is 10.6. The number of aryl methyl sites for hydroxylation is 2. The molecule has 0 bridgehead atoms. The molecule has 1 aromatic rings. The van der Waals surface area contributed by atoms with Gasteiger partial charge in [-0.05, 0) is 39.0 Å². The van der Waals surface area contributed by atoms with Gasteiger partial charge in [-0.1, -0.05) is 31.3 Å². The molecule has 0 aliphatic heterocycles. The molecule has 2 unspecified atom stereocenters. The fourth-order valence-electron chi connectivity index (χ4n) is 3.15. The van der Waals surface area contributed by atoms with Crippen LogP contribution < -0.4 is 10.6 Å². The van der Waals surface area contributed by atoms with E-state index in [9.17, 15) is 0 Å². The van der Waals surface area contributed by atoms with E-state index in [4.69, 9.17) is 4.52 Å². The predicted molar refractivity (Wildman–Crippen MR) is 105 cm³/mol. The second-order valence-corrected chi connectivity index (χ2v) is 6.40. The molecule has 1 fully saturated rings. The smallest absolute Gasteiger partial charge is 0.191 e. The first-order valence-electron chi connectivity index (χ1n) is 8.55. The third kappa shape index (κ3) is 5.97. The molecule has 1 aliphatic rings. The molecule has 2 atom stereocenters. The van der Waals surface area contributed by atoms with Crippen molar-refractivity contribution in [1.82, 2.24) is 15.8 Å². The summed E-state index contributed by atoms with van der Waals surface area (Å²) in [5, 5.41) is 10.8. The predicted octanol–water partition coefficient (Wildman–Crippen LogP) is 3.79. The minimum atomic E-state index is 0. The van der Waals surface area contributed by atoms with E-state index in [1.165, 1.54) is 25.7 Å². The van der Waals surface area contributed by atoms with E-state index in [-0.39, 0.29) is 24.0 Å². The van der Waals surface area contributed by atoms with Crippen molar-refractivity contribution in [2.45, 2.75) is 59.9 Å². The van der Waals surface area contributed by atoms with Crippen molar-refractivity contribution < 1.29 is 4.52 Å². The largest absolute Gasteiger partial charge is 0.361 e. The van der Waals surface area contributed by atoms with E-state index in [1.807, 2.05) is 13.8 Å². The van der Waals surface area contributed by atoms with Gasteiger partial charge in [0.1, 0.15) is 5.76 Å². The van der Waals surface area contributed by atoms with Gasteiger partial charge in [0.15, 0.2) is 5.96 Å². The SMILES string of the molecule is CCNC(=NCc1c(C)noc1C)NCC1CCCCC1C.I. The average Bonchev–Trinajstić information content (AvgIpc) is 2.82. The second-order valence-electron chi connectivity index (χ2n) is 6.40. The quantitative estimate of drug-likeness (QED) is 0.421. The number of nitrogens with one attached hydrogen (secondary N) is 2. The van der Waals surface area contributed by atoms with Crippen molar-refractivity contribution in [3.63, 3.8) is 0 Å². The average molecular weight is 434 g/mol. The highest BCUT2D eigenvalue weighted by atomic mass is 127. The van der Waals surface area contributed by atoms with Gasteiger partial charge >= 0.3 is 0 Å². The Hall–Kier alpha value is -0.790. The van der Waals surface area contributed by atoms with Gasteiger partial charge in [0.05, 0.1) is 12.2 Å². The van der Waals surface area contributed by atoms with Crippen molar-refractivity contribution >= 4 is 29.9 Å². The summed E-state index contributed by atoms with van der Waals surface area (Å²) in [7, 11) is 0. The Labute approximate surface area is 157 Å². The highest BCUT2D eigenvalue weighted by molar-refractivity contribution is 14.0. The lowest BCUT2D eigenvalue weighted by Gasteiger charge is -2.29. The summed E-state index contributed by atoms with van der Waals surface area (Å²) < 4.78 is 5.20. The van der Waals surface area contributed by atoms with Gasteiger partial charge in [-0.25, -0.2) is 4.99 Å². The Morgan fingerprint density at radius 3 is 2.61 bits per heavy atom. The molecule has 0 saturated heterocycles. The Balaban J connectivity index is 0.00000264. The van der Waals surface area contributed by atoms with Gasteiger partial charge in [0.2, 0.25) is 0 Å². The number of rotatable bonds is 5. The molecule has 6 heteroatoms. The van der Waals surface area contributed by atoms with Gasteiger partial charge in [0, 0.05) is 18.7 Å². The van der Waals surface area contributed by atoms with E-state index in [0.29, 0.717) is 6.54 Å². The molecule has 0 radical (unpaired) electrons. The third-order valence-electron chi connectivity index (χ3n) is 4.74. The van der Waals surface area contributed by atoms with Gasteiger partial charge in [0.25, 0.3) is 0 Å². The molecule has 2 N–H and O–H groups in total. The number of hydrogen-bond donors (Lipinski definition) is 2. The summed E-state index contributed by atoms with van der Waals surface area (Å²) in [4.78, 5) is 4.68. The van der Waals surface area contributed by atoms with Crippen molar-refractivity contribution in [1.29, 1.82) is 0 Å². The van der Waals surface area contributed by atoms with Crippen LogP contribution in [0.2, 0.25) is 0 Å². The van der Waals surface area contributed by atoms with Gasteiger partial charge in [-0.15, -0.1) is 24.0 Å².